The number of hydrogen-bond acceptors (Lipinski definition) is 3. The summed E-state index contributed by atoms with van der Waals surface area (Å²) in [4.78, 5) is 4.54. The molecule has 21 heavy (non-hydrogen) atoms. The minimum absolute atomic E-state index is 0.495. The van der Waals surface area contributed by atoms with Crippen molar-refractivity contribution in [2.75, 3.05) is 0 Å². The van der Waals surface area contributed by atoms with E-state index in [0.717, 1.165) is 20.9 Å². The second kappa shape index (κ2) is 6.11. The lowest BCUT2D eigenvalue weighted by molar-refractivity contribution is 1.75. The van der Waals surface area contributed by atoms with Gasteiger partial charge in [-0.05, 0) is 22.9 Å². The first-order valence-electron chi connectivity index (χ1n) is 6.03. The van der Waals surface area contributed by atoms with Crippen molar-refractivity contribution < 1.29 is 0 Å². The van der Waals surface area contributed by atoms with E-state index in [4.69, 9.17) is 23.2 Å². The second-order valence-corrected chi connectivity index (χ2v) is 8.10. The van der Waals surface area contributed by atoms with Crippen LogP contribution in [0.4, 0.5) is 0 Å². The summed E-state index contributed by atoms with van der Waals surface area (Å²) < 4.78 is 0. The smallest absolute Gasteiger partial charge is 0.0543 e. The largest absolute Gasteiger partial charge is 0.143 e. The molecule has 3 rings (SSSR count). The molecule has 3 aromatic rings. The fourth-order valence-electron chi connectivity index (χ4n) is 2.11. The average Bonchev–Trinajstić information content (AvgIpc) is 3.17. The lowest BCUT2D eigenvalue weighted by Gasteiger charge is -2.05. The van der Waals surface area contributed by atoms with Crippen molar-refractivity contribution in [3.63, 3.8) is 0 Å². The quantitative estimate of drug-likeness (QED) is 0.444. The van der Waals surface area contributed by atoms with Crippen molar-refractivity contribution >= 4 is 67.3 Å². The molecule has 0 unspecified atom stereocenters. The van der Waals surface area contributed by atoms with Crippen molar-refractivity contribution in [3.8, 4) is 19.5 Å². The van der Waals surface area contributed by atoms with Gasteiger partial charge in [0.05, 0.1) is 9.75 Å². The molecule has 0 spiro atoms. The normalized spacial score (nSPS) is 10.8. The molecule has 0 atom stereocenters. The van der Waals surface area contributed by atoms with E-state index < -0.39 is 0 Å². The molecule has 0 N–H and O–H groups in total. The van der Waals surface area contributed by atoms with Crippen LogP contribution in [0.25, 0.3) is 29.6 Å². The Morgan fingerprint density at radius 2 is 1.24 bits per heavy atom. The monoisotopic (exact) mass is 368 g/mol. The molecule has 0 nitrogen and oxygen atoms in total. The van der Waals surface area contributed by atoms with Gasteiger partial charge in [-0.15, -0.1) is 34.0 Å². The van der Waals surface area contributed by atoms with E-state index in [9.17, 15) is 0 Å². The molecule has 0 fully saturated rings. The van der Waals surface area contributed by atoms with Gasteiger partial charge in [0.2, 0.25) is 0 Å². The van der Waals surface area contributed by atoms with E-state index in [-0.39, 0.29) is 0 Å². The molecule has 3 heterocycles. The molecule has 0 radical (unpaired) electrons. The zero-order valence-corrected chi connectivity index (χ0v) is 14.8. The highest BCUT2D eigenvalue weighted by Gasteiger charge is 2.23. The summed E-state index contributed by atoms with van der Waals surface area (Å²) in [5.41, 5.74) is 1.79. The highest BCUT2D eigenvalue weighted by molar-refractivity contribution is 7.26. The summed E-state index contributed by atoms with van der Waals surface area (Å²) in [6, 6.07) is 8.22. The third-order valence-electron chi connectivity index (χ3n) is 2.94. The van der Waals surface area contributed by atoms with Gasteiger partial charge in [-0.2, -0.15) is 0 Å². The van der Waals surface area contributed by atoms with E-state index in [1.54, 1.807) is 34.0 Å². The van der Waals surface area contributed by atoms with Gasteiger partial charge in [-0.1, -0.05) is 48.5 Å². The molecule has 0 bridgehead atoms. The molecular weight excluding hydrogens is 359 g/mol. The summed E-state index contributed by atoms with van der Waals surface area (Å²) in [5, 5.41) is 5.09. The van der Waals surface area contributed by atoms with Gasteiger partial charge in [0, 0.05) is 30.9 Å². The Labute approximate surface area is 145 Å². The number of halogens is 2. The summed E-state index contributed by atoms with van der Waals surface area (Å²) >= 11 is 17.6. The van der Waals surface area contributed by atoms with Gasteiger partial charge in [0.15, 0.2) is 0 Å². The zero-order chi connectivity index (χ0) is 15.0. The summed E-state index contributed by atoms with van der Waals surface area (Å²) in [7, 11) is 0. The van der Waals surface area contributed by atoms with Crippen LogP contribution >= 0.6 is 57.2 Å². The van der Waals surface area contributed by atoms with Crippen LogP contribution in [-0.4, -0.2) is 0 Å². The van der Waals surface area contributed by atoms with Crippen LogP contribution in [0.2, 0.25) is 0 Å². The zero-order valence-electron chi connectivity index (χ0n) is 10.9. The molecule has 0 aromatic carbocycles. The van der Waals surface area contributed by atoms with Gasteiger partial charge in [-0.3, -0.25) is 0 Å². The topological polar surface area (TPSA) is 0 Å². The fraction of sp³-hybridized carbons (Fsp3) is 0. The Morgan fingerprint density at radius 3 is 1.52 bits per heavy atom. The molecule has 5 heteroatoms. The van der Waals surface area contributed by atoms with Gasteiger partial charge in [-0.25, -0.2) is 0 Å². The van der Waals surface area contributed by atoms with Crippen molar-refractivity contribution in [3.05, 3.63) is 59.3 Å². The standard InChI is InChI=1S/C16H10Cl2S3/c1-9(17)13-14(10(2)18)16(12-6-4-8-20-12)21-15(13)11-5-3-7-19-11/h3-8H,1-2H2. The lowest BCUT2D eigenvalue weighted by atomic mass is 10.1. The van der Waals surface area contributed by atoms with Crippen molar-refractivity contribution in [2.24, 2.45) is 0 Å². The first-order valence-corrected chi connectivity index (χ1v) is 9.37. The molecule has 0 aliphatic rings. The van der Waals surface area contributed by atoms with Crippen LogP contribution in [0, 0.1) is 0 Å². The predicted molar refractivity (Wildman–Crippen MR) is 101 cm³/mol. The SMILES string of the molecule is C=C(Cl)c1c(-c2cccs2)sc(-c2cccs2)c1C(=C)Cl. The Morgan fingerprint density at radius 1 is 0.810 bits per heavy atom. The molecule has 106 valence electrons. The number of hydrogen-bond donors (Lipinski definition) is 0. The lowest BCUT2D eigenvalue weighted by Crippen LogP contribution is -1.84. The Bertz CT molecular complexity index is 726. The molecule has 3 aromatic heterocycles. The summed E-state index contributed by atoms with van der Waals surface area (Å²) in [6.07, 6.45) is 0. The average molecular weight is 369 g/mol. The highest BCUT2D eigenvalue weighted by atomic mass is 35.5. The van der Waals surface area contributed by atoms with Crippen LogP contribution in [0.3, 0.4) is 0 Å². The molecule has 0 saturated carbocycles. The Hall–Kier alpha value is -0.840. The minimum atomic E-state index is 0.495. The van der Waals surface area contributed by atoms with E-state index in [0.29, 0.717) is 10.1 Å². The second-order valence-electron chi connectivity index (χ2n) is 4.27. The Balaban J connectivity index is 2.34. The van der Waals surface area contributed by atoms with E-state index in [1.807, 2.05) is 12.1 Å². The maximum absolute atomic E-state index is 6.27. The summed E-state index contributed by atoms with van der Waals surface area (Å²) in [6.45, 7) is 7.83. The first kappa shape index (κ1) is 15.1. The number of rotatable bonds is 4. The van der Waals surface area contributed by atoms with Crippen molar-refractivity contribution in [2.45, 2.75) is 0 Å². The first-order chi connectivity index (χ1) is 10.1. The minimum Gasteiger partial charge on any atom is -0.143 e. The van der Waals surface area contributed by atoms with E-state index in [1.165, 1.54) is 9.75 Å². The van der Waals surface area contributed by atoms with Gasteiger partial charge in [0.1, 0.15) is 0 Å². The molecule has 0 aliphatic carbocycles. The number of thiophene rings is 3. The van der Waals surface area contributed by atoms with Crippen LogP contribution < -0.4 is 0 Å². The third-order valence-corrected chi connectivity index (χ3v) is 6.61. The van der Waals surface area contributed by atoms with Crippen LogP contribution in [0.1, 0.15) is 11.1 Å². The van der Waals surface area contributed by atoms with Gasteiger partial charge >= 0.3 is 0 Å². The van der Waals surface area contributed by atoms with Gasteiger partial charge in [0.25, 0.3) is 0 Å². The van der Waals surface area contributed by atoms with Crippen molar-refractivity contribution in [1.82, 2.24) is 0 Å². The van der Waals surface area contributed by atoms with Crippen molar-refractivity contribution in [1.29, 1.82) is 0 Å². The fourth-order valence-corrected chi connectivity index (χ4v) is 5.68. The predicted octanol–water partition coefficient (Wildman–Crippen LogP) is 7.62. The van der Waals surface area contributed by atoms with Crippen LogP contribution in [0.15, 0.2) is 48.2 Å². The highest BCUT2D eigenvalue weighted by Crippen LogP contribution is 2.50. The van der Waals surface area contributed by atoms with E-state index >= 15 is 0 Å². The van der Waals surface area contributed by atoms with Crippen LogP contribution in [0.5, 0.6) is 0 Å². The van der Waals surface area contributed by atoms with Gasteiger partial charge < -0.3 is 0 Å². The summed E-state index contributed by atoms with van der Waals surface area (Å²) in [5.74, 6) is 0. The maximum Gasteiger partial charge on any atom is 0.0543 e. The third kappa shape index (κ3) is 2.77. The molecular formula is C16H10Cl2S3. The van der Waals surface area contributed by atoms with E-state index in [2.05, 4.69) is 36.1 Å². The molecule has 0 saturated heterocycles. The maximum atomic E-state index is 6.27. The molecule has 0 aliphatic heterocycles. The van der Waals surface area contributed by atoms with Crippen LogP contribution in [-0.2, 0) is 0 Å². The Kier molecular flexibility index (Phi) is 4.38. The molecule has 0 amide bonds.